The zero-order valence-corrected chi connectivity index (χ0v) is 10.1. The van der Waals surface area contributed by atoms with Crippen molar-refractivity contribution >= 4 is 11.8 Å². The normalized spacial score (nSPS) is 12.7. The van der Waals surface area contributed by atoms with Crippen LogP contribution < -0.4 is 10.6 Å². The van der Waals surface area contributed by atoms with Crippen LogP contribution >= 0.6 is 0 Å². The average molecular weight is 215 g/mol. The lowest BCUT2D eigenvalue weighted by atomic mass is 10.0. The number of nitrogens with one attached hydrogen (secondary N) is 2. The molecule has 2 N–H and O–H groups in total. The molecule has 5 heteroatoms. The third kappa shape index (κ3) is 5.37. The van der Waals surface area contributed by atoms with Crippen molar-refractivity contribution in [3.8, 4) is 0 Å². The monoisotopic (exact) mass is 215 g/mol. The van der Waals surface area contributed by atoms with Crippen LogP contribution in [0, 0.1) is 5.92 Å². The van der Waals surface area contributed by atoms with Gasteiger partial charge < -0.3 is 15.5 Å². The van der Waals surface area contributed by atoms with Crippen molar-refractivity contribution in [2.24, 2.45) is 5.92 Å². The van der Waals surface area contributed by atoms with Crippen LogP contribution in [-0.4, -0.2) is 50.4 Å². The predicted molar refractivity (Wildman–Crippen MR) is 59.4 cm³/mol. The molecule has 0 heterocycles. The molecule has 0 fully saturated rings. The summed E-state index contributed by atoms with van der Waals surface area (Å²) < 4.78 is 0. The standard InChI is InChI=1S/C10H21N3O2/c1-7(2)9(10(15)11-3)12-8(14)6-13(4)5/h7,9H,6H2,1-5H3,(H,11,15)(H,12,14). The highest BCUT2D eigenvalue weighted by atomic mass is 16.2. The molecule has 0 aliphatic carbocycles. The average Bonchev–Trinajstić information content (AvgIpc) is 2.11. The van der Waals surface area contributed by atoms with E-state index in [9.17, 15) is 9.59 Å². The maximum atomic E-state index is 11.5. The van der Waals surface area contributed by atoms with E-state index in [1.807, 2.05) is 27.9 Å². The molecule has 0 aromatic carbocycles. The Kier molecular flexibility index (Phi) is 5.93. The fraction of sp³-hybridized carbons (Fsp3) is 0.800. The summed E-state index contributed by atoms with van der Waals surface area (Å²) in [5, 5.41) is 5.24. The van der Waals surface area contributed by atoms with E-state index < -0.39 is 6.04 Å². The number of rotatable bonds is 5. The lowest BCUT2D eigenvalue weighted by Crippen LogP contribution is -2.50. The van der Waals surface area contributed by atoms with Gasteiger partial charge in [-0.15, -0.1) is 0 Å². The summed E-state index contributed by atoms with van der Waals surface area (Å²) in [5.41, 5.74) is 0. The second-order valence-corrected chi connectivity index (χ2v) is 4.14. The molecule has 0 rings (SSSR count). The molecule has 0 saturated carbocycles. The van der Waals surface area contributed by atoms with Crippen LogP contribution in [0.3, 0.4) is 0 Å². The van der Waals surface area contributed by atoms with Crippen LogP contribution in [0.4, 0.5) is 0 Å². The van der Waals surface area contributed by atoms with E-state index in [1.165, 1.54) is 0 Å². The van der Waals surface area contributed by atoms with Gasteiger partial charge in [0.05, 0.1) is 6.54 Å². The van der Waals surface area contributed by atoms with Crippen LogP contribution in [0.25, 0.3) is 0 Å². The van der Waals surface area contributed by atoms with Crippen LogP contribution in [0.1, 0.15) is 13.8 Å². The summed E-state index contributed by atoms with van der Waals surface area (Å²) in [5.74, 6) is -0.213. The van der Waals surface area contributed by atoms with E-state index >= 15 is 0 Å². The molecule has 0 aliphatic rings. The van der Waals surface area contributed by atoms with Crippen molar-refractivity contribution in [3.05, 3.63) is 0 Å². The first-order valence-corrected chi connectivity index (χ1v) is 5.04. The van der Waals surface area contributed by atoms with Gasteiger partial charge in [-0.25, -0.2) is 0 Å². The van der Waals surface area contributed by atoms with Gasteiger partial charge in [-0.1, -0.05) is 13.8 Å². The van der Waals surface area contributed by atoms with Crippen molar-refractivity contribution in [1.82, 2.24) is 15.5 Å². The summed E-state index contributed by atoms with van der Waals surface area (Å²) in [6.45, 7) is 4.09. The lowest BCUT2D eigenvalue weighted by Gasteiger charge is -2.21. The van der Waals surface area contributed by atoms with Gasteiger partial charge in [-0.2, -0.15) is 0 Å². The van der Waals surface area contributed by atoms with E-state index in [1.54, 1.807) is 11.9 Å². The zero-order valence-electron chi connectivity index (χ0n) is 10.1. The molecule has 1 unspecified atom stereocenters. The molecule has 0 aromatic heterocycles. The predicted octanol–water partition coefficient (Wildman–Crippen LogP) is -0.565. The summed E-state index contributed by atoms with van der Waals surface area (Å²) in [4.78, 5) is 24.7. The van der Waals surface area contributed by atoms with Gasteiger partial charge in [0, 0.05) is 7.05 Å². The first-order valence-electron chi connectivity index (χ1n) is 5.04. The minimum absolute atomic E-state index is 0.0797. The quantitative estimate of drug-likeness (QED) is 0.646. The van der Waals surface area contributed by atoms with Crippen molar-refractivity contribution in [2.75, 3.05) is 27.7 Å². The topological polar surface area (TPSA) is 61.4 Å². The molecular formula is C10H21N3O2. The van der Waals surface area contributed by atoms with Gasteiger partial charge in [0.15, 0.2) is 0 Å². The van der Waals surface area contributed by atoms with E-state index in [0.717, 1.165) is 0 Å². The Morgan fingerprint density at radius 1 is 1.27 bits per heavy atom. The van der Waals surface area contributed by atoms with Crippen molar-refractivity contribution in [3.63, 3.8) is 0 Å². The molecule has 0 aliphatic heterocycles. The molecular weight excluding hydrogens is 194 g/mol. The minimum atomic E-state index is -0.456. The Morgan fingerprint density at radius 2 is 1.80 bits per heavy atom. The molecule has 5 nitrogen and oxygen atoms in total. The van der Waals surface area contributed by atoms with Crippen LogP contribution in [0.5, 0.6) is 0 Å². The highest BCUT2D eigenvalue weighted by Gasteiger charge is 2.22. The fourth-order valence-electron chi connectivity index (χ4n) is 1.20. The van der Waals surface area contributed by atoms with Crippen molar-refractivity contribution < 1.29 is 9.59 Å². The molecule has 0 spiro atoms. The summed E-state index contributed by atoms with van der Waals surface area (Å²) in [7, 11) is 5.18. The van der Waals surface area contributed by atoms with Gasteiger partial charge in [-0.05, 0) is 20.0 Å². The Bertz CT molecular complexity index is 227. The molecule has 2 amide bonds. The molecule has 88 valence electrons. The van der Waals surface area contributed by atoms with Gasteiger partial charge >= 0.3 is 0 Å². The summed E-state index contributed by atoms with van der Waals surface area (Å²) >= 11 is 0. The number of hydrogen-bond donors (Lipinski definition) is 2. The minimum Gasteiger partial charge on any atom is -0.357 e. The Balaban J connectivity index is 4.29. The van der Waals surface area contributed by atoms with Gasteiger partial charge in [0.25, 0.3) is 0 Å². The molecule has 0 saturated heterocycles. The number of likely N-dealkylation sites (N-methyl/N-ethyl adjacent to an activating group) is 2. The first-order chi connectivity index (χ1) is 6.88. The first kappa shape index (κ1) is 13.9. The molecule has 0 bridgehead atoms. The smallest absolute Gasteiger partial charge is 0.242 e. The second kappa shape index (κ2) is 6.40. The summed E-state index contributed by atoms with van der Waals surface area (Å²) in [6, 6.07) is -0.456. The second-order valence-electron chi connectivity index (χ2n) is 4.14. The highest BCUT2D eigenvalue weighted by molar-refractivity contribution is 5.88. The number of nitrogens with zero attached hydrogens (tertiary/aromatic N) is 1. The van der Waals surface area contributed by atoms with E-state index in [4.69, 9.17) is 0 Å². The van der Waals surface area contributed by atoms with Crippen LogP contribution in [0.2, 0.25) is 0 Å². The molecule has 0 radical (unpaired) electrons. The Morgan fingerprint density at radius 3 is 2.13 bits per heavy atom. The Labute approximate surface area is 91.2 Å². The third-order valence-electron chi connectivity index (χ3n) is 1.97. The Hall–Kier alpha value is -1.10. The molecule has 0 aromatic rings. The number of amides is 2. The van der Waals surface area contributed by atoms with E-state index in [0.29, 0.717) is 6.54 Å². The zero-order chi connectivity index (χ0) is 12.0. The number of carbonyl (C=O) groups excluding carboxylic acids is 2. The van der Waals surface area contributed by atoms with Crippen LogP contribution in [-0.2, 0) is 9.59 Å². The summed E-state index contributed by atoms with van der Waals surface area (Å²) in [6.07, 6.45) is 0. The van der Waals surface area contributed by atoms with E-state index in [2.05, 4.69) is 10.6 Å². The van der Waals surface area contributed by atoms with Crippen molar-refractivity contribution in [1.29, 1.82) is 0 Å². The maximum Gasteiger partial charge on any atom is 0.242 e. The number of carbonyl (C=O) groups is 2. The van der Waals surface area contributed by atoms with Crippen molar-refractivity contribution in [2.45, 2.75) is 19.9 Å². The SMILES string of the molecule is CNC(=O)C(NC(=O)CN(C)C)C(C)C. The molecule has 1 atom stereocenters. The molecule has 15 heavy (non-hydrogen) atoms. The van der Waals surface area contributed by atoms with Gasteiger partial charge in [0.1, 0.15) is 6.04 Å². The lowest BCUT2D eigenvalue weighted by molar-refractivity contribution is -0.130. The highest BCUT2D eigenvalue weighted by Crippen LogP contribution is 2.01. The third-order valence-corrected chi connectivity index (χ3v) is 1.97. The largest absolute Gasteiger partial charge is 0.357 e. The maximum absolute atomic E-state index is 11.5. The van der Waals surface area contributed by atoms with Gasteiger partial charge in [-0.3, -0.25) is 9.59 Å². The fourth-order valence-corrected chi connectivity index (χ4v) is 1.20. The van der Waals surface area contributed by atoms with Crippen LogP contribution in [0.15, 0.2) is 0 Å². The van der Waals surface area contributed by atoms with Gasteiger partial charge in [0.2, 0.25) is 11.8 Å². The number of hydrogen-bond acceptors (Lipinski definition) is 3. The van der Waals surface area contributed by atoms with E-state index in [-0.39, 0.29) is 17.7 Å².